The van der Waals surface area contributed by atoms with Gasteiger partial charge >= 0.3 is 0 Å². The zero-order valence-corrected chi connectivity index (χ0v) is 17.4. The molecule has 0 atom stereocenters. The monoisotopic (exact) mass is 424 g/mol. The number of benzene rings is 2. The van der Waals surface area contributed by atoms with Crippen LogP contribution in [0.5, 0.6) is 0 Å². The van der Waals surface area contributed by atoms with Crippen molar-refractivity contribution in [2.75, 3.05) is 0 Å². The number of aryl methyl sites for hydroxylation is 2. The second-order valence-electron chi connectivity index (χ2n) is 6.91. The number of nitrogens with zero attached hydrogens (tertiary/aromatic N) is 3. The molecular weight excluding hydrogens is 404 g/mol. The first-order valence-corrected chi connectivity index (χ1v) is 9.69. The third-order valence-electron chi connectivity index (χ3n) is 4.58. The molecular formula is C22H21ClN4O3. The molecule has 0 unspecified atom stereocenters. The highest BCUT2D eigenvalue weighted by molar-refractivity contribution is 6.31. The first-order chi connectivity index (χ1) is 14.3. The minimum atomic E-state index is -0.462. The van der Waals surface area contributed by atoms with E-state index in [-0.39, 0.29) is 18.1 Å². The van der Waals surface area contributed by atoms with Crippen LogP contribution in [0.2, 0.25) is 5.15 Å². The van der Waals surface area contributed by atoms with Crippen LogP contribution in [-0.2, 0) is 17.9 Å². The minimum Gasteiger partial charge on any atom is -0.348 e. The Morgan fingerprint density at radius 1 is 1.13 bits per heavy atom. The number of carbonyl (C=O) groups is 1. The van der Waals surface area contributed by atoms with Gasteiger partial charge < -0.3 is 5.32 Å². The lowest BCUT2D eigenvalue weighted by Crippen LogP contribution is -2.20. The van der Waals surface area contributed by atoms with Gasteiger partial charge in [-0.15, -0.1) is 0 Å². The number of rotatable bonds is 7. The summed E-state index contributed by atoms with van der Waals surface area (Å²) < 4.78 is 1.70. The van der Waals surface area contributed by atoms with Crippen molar-refractivity contribution >= 4 is 29.3 Å². The van der Waals surface area contributed by atoms with E-state index in [1.54, 1.807) is 22.9 Å². The van der Waals surface area contributed by atoms with E-state index in [4.69, 9.17) is 11.6 Å². The molecule has 30 heavy (non-hydrogen) atoms. The van der Waals surface area contributed by atoms with Crippen molar-refractivity contribution in [3.63, 3.8) is 0 Å². The third kappa shape index (κ3) is 5.33. The maximum Gasteiger partial charge on any atom is 0.269 e. The van der Waals surface area contributed by atoms with Gasteiger partial charge in [0.05, 0.1) is 17.2 Å². The highest BCUT2D eigenvalue weighted by Gasteiger charge is 2.12. The van der Waals surface area contributed by atoms with Gasteiger partial charge in [-0.25, -0.2) is 4.68 Å². The lowest BCUT2D eigenvalue weighted by molar-refractivity contribution is -0.384. The van der Waals surface area contributed by atoms with Gasteiger partial charge in [-0.2, -0.15) is 5.10 Å². The molecule has 0 spiro atoms. The highest BCUT2D eigenvalue weighted by atomic mass is 35.5. The summed E-state index contributed by atoms with van der Waals surface area (Å²) in [6.45, 7) is 4.68. The van der Waals surface area contributed by atoms with Crippen molar-refractivity contribution in [1.82, 2.24) is 15.1 Å². The molecule has 0 saturated heterocycles. The molecule has 0 bridgehead atoms. The second kappa shape index (κ2) is 9.37. The standard InChI is InChI=1S/C22H21ClN4O3/c1-15-3-5-18(6-4-15)14-26-22(23)20(16(2)25-26)11-12-21(28)24-13-17-7-9-19(10-8-17)27(29)30/h3-12H,13-14H2,1-2H3,(H,24,28)/b12-11+. The molecule has 3 aromatic rings. The summed E-state index contributed by atoms with van der Waals surface area (Å²) in [7, 11) is 0. The van der Waals surface area contributed by atoms with Crippen LogP contribution in [0.15, 0.2) is 54.6 Å². The van der Waals surface area contributed by atoms with Crippen LogP contribution >= 0.6 is 11.6 Å². The summed E-state index contributed by atoms with van der Waals surface area (Å²) in [5.74, 6) is -0.296. The van der Waals surface area contributed by atoms with Crippen molar-refractivity contribution < 1.29 is 9.72 Å². The molecule has 0 aliphatic rings. The highest BCUT2D eigenvalue weighted by Crippen LogP contribution is 2.22. The number of nitro groups is 1. The molecule has 1 amide bonds. The summed E-state index contributed by atoms with van der Waals surface area (Å²) in [6, 6.07) is 14.2. The number of hydrogen-bond donors (Lipinski definition) is 1. The maximum absolute atomic E-state index is 12.1. The SMILES string of the molecule is Cc1ccc(Cn2nc(C)c(/C=C/C(=O)NCc3ccc([N+](=O)[O-])cc3)c2Cl)cc1. The van der Waals surface area contributed by atoms with E-state index in [9.17, 15) is 14.9 Å². The van der Waals surface area contributed by atoms with Crippen molar-refractivity contribution in [2.45, 2.75) is 26.9 Å². The molecule has 8 heteroatoms. The summed E-state index contributed by atoms with van der Waals surface area (Å²) in [5, 5.41) is 18.4. The molecule has 0 aliphatic heterocycles. The predicted molar refractivity (Wildman–Crippen MR) is 116 cm³/mol. The number of halogens is 1. The van der Waals surface area contributed by atoms with Crippen LogP contribution in [0, 0.1) is 24.0 Å². The average molecular weight is 425 g/mol. The van der Waals surface area contributed by atoms with Gasteiger partial charge in [-0.05, 0) is 31.1 Å². The topological polar surface area (TPSA) is 90.1 Å². The Labute approximate surface area is 179 Å². The summed E-state index contributed by atoms with van der Waals surface area (Å²) in [4.78, 5) is 22.4. The van der Waals surface area contributed by atoms with E-state index in [2.05, 4.69) is 10.4 Å². The molecule has 0 saturated carbocycles. The predicted octanol–water partition coefficient (Wildman–Crippen LogP) is 4.44. The molecule has 0 radical (unpaired) electrons. The van der Waals surface area contributed by atoms with E-state index in [1.807, 2.05) is 38.1 Å². The Kier molecular flexibility index (Phi) is 6.64. The zero-order valence-electron chi connectivity index (χ0n) is 16.6. The Morgan fingerprint density at radius 3 is 2.40 bits per heavy atom. The minimum absolute atomic E-state index is 0.0118. The number of nitro benzene ring substituents is 1. The van der Waals surface area contributed by atoms with Crippen molar-refractivity contribution in [3.8, 4) is 0 Å². The van der Waals surface area contributed by atoms with Crippen molar-refractivity contribution in [3.05, 3.63) is 97.8 Å². The summed E-state index contributed by atoms with van der Waals surface area (Å²) in [6.07, 6.45) is 3.04. The number of carbonyl (C=O) groups excluding carboxylic acids is 1. The Bertz CT molecular complexity index is 1090. The van der Waals surface area contributed by atoms with Crippen LogP contribution in [0.1, 0.15) is 27.9 Å². The Morgan fingerprint density at radius 2 is 1.77 bits per heavy atom. The maximum atomic E-state index is 12.1. The van der Waals surface area contributed by atoms with E-state index >= 15 is 0 Å². The molecule has 1 heterocycles. The van der Waals surface area contributed by atoms with Gasteiger partial charge in [0.15, 0.2) is 0 Å². The molecule has 1 aromatic heterocycles. The van der Waals surface area contributed by atoms with Crippen molar-refractivity contribution in [2.24, 2.45) is 0 Å². The first-order valence-electron chi connectivity index (χ1n) is 9.31. The zero-order chi connectivity index (χ0) is 21.7. The first kappa shape index (κ1) is 21.3. The number of nitrogens with one attached hydrogen (secondary N) is 1. The number of non-ortho nitro benzene ring substituents is 1. The van der Waals surface area contributed by atoms with Crippen LogP contribution in [0.4, 0.5) is 5.69 Å². The lowest BCUT2D eigenvalue weighted by Gasteiger charge is -2.04. The fourth-order valence-corrected chi connectivity index (χ4v) is 3.17. The summed E-state index contributed by atoms with van der Waals surface area (Å²) in [5.41, 5.74) is 4.47. The van der Waals surface area contributed by atoms with Gasteiger partial charge in [-0.1, -0.05) is 53.6 Å². The van der Waals surface area contributed by atoms with Gasteiger partial charge in [0, 0.05) is 30.3 Å². The molecule has 0 aliphatic carbocycles. The number of aromatic nitrogens is 2. The smallest absolute Gasteiger partial charge is 0.269 e. The van der Waals surface area contributed by atoms with Gasteiger partial charge in [-0.3, -0.25) is 14.9 Å². The second-order valence-corrected chi connectivity index (χ2v) is 7.27. The number of hydrogen-bond acceptors (Lipinski definition) is 4. The molecule has 0 fully saturated rings. The fraction of sp³-hybridized carbons (Fsp3) is 0.182. The molecule has 7 nitrogen and oxygen atoms in total. The van der Waals surface area contributed by atoms with Crippen LogP contribution in [0.3, 0.4) is 0 Å². The molecule has 2 aromatic carbocycles. The van der Waals surface area contributed by atoms with E-state index in [1.165, 1.54) is 23.8 Å². The largest absolute Gasteiger partial charge is 0.348 e. The van der Waals surface area contributed by atoms with Crippen molar-refractivity contribution in [1.29, 1.82) is 0 Å². The Balaban J connectivity index is 1.62. The van der Waals surface area contributed by atoms with E-state index < -0.39 is 4.92 Å². The normalized spacial score (nSPS) is 11.0. The summed E-state index contributed by atoms with van der Waals surface area (Å²) >= 11 is 6.47. The molecule has 3 rings (SSSR count). The van der Waals surface area contributed by atoms with Gasteiger partial charge in [0.1, 0.15) is 5.15 Å². The Hall–Kier alpha value is -3.45. The molecule has 1 N–H and O–H groups in total. The lowest BCUT2D eigenvalue weighted by atomic mass is 10.1. The average Bonchev–Trinajstić information content (AvgIpc) is 2.99. The van der Waals surface area contributed by atoms with Crippen LogP contribution in [0.25, 0.3) is 6.08 Å². The quantitative estimate of drug-likeness (QED) is 0.345. The van der Waals surface area contributed by atoms with Crippen LogP contribution < -0.4 is 5.32 Å². The van der Waals surface area contributed by atoms with Crippen LogP contribution in [-0.4, -0.2) is 20.6 Å². The van der Waals surface area contributed by atoms with Gasteiger partial charge in [0.25, 0.3) is 5.69 Å². The van der Waals surface area contributed by atoms with E-state index in [0.717, 1.165) is 16.8 Å². The fourth-order valence-electron chi connectivity index (χ4n) is 2.87. The number of amides is 1. The van der Waals surface area contributed by atoms with Gasteiger partial charge in [0.2, 0.25) is 5.91 Å². The van der Waals surface area contributed by atoms with E-state index in [0.29, 0.717) is 17.3 Å². The third-order valence-corrected chi connectivity index (χ3v) is 4.98. The molecule has 154 valence electrons.